The summed E-state index contributed by atoms with van der Waals surface area (Å²) in [5.41, 5.74) is 0.895. The van der Waals surface area contributed by atoms with E-state index in [9.17, 15) is 9.59 Å². The number of methoxy groups -OCH3 is 1. The third-order valence-electron chi connectivity index (χ3n) is 5.94. The number of nitrogens with zero attached hydrogens (tertiary/aromatic N) is 2. The number of halogens is 3. The zero-order valence-corrected chi connectivity index (χ0v) is 19.3. The molecule has 0 amide bonds. The van der Waals surface area contributed by atoms with Gasteiger partial charge in [0.15, 0.2) is 0 Å². The van der Waals surface area contributed by atoms with Crippen molar-refractivity contribution in [1.82, 2.24) is 9.13 Å². The molecule has 5 nitrogen and oxygen atoms in total. The minimum absolute atomic E-state index is 0.149. The molecule has 0 aliphatic heterocycles. The Balaban J connectivity index is 1.80. The topological polar surface area (TPSA) is 53.2 Å². The van der Waals surface area contributed by atoms with Crippen molar-refractivity contribution in [3.8, 4) is 5.69 Å². The number of imidazole rings is 1. The number of hydrogen-bond donors (Lipinski definition) is 0. The molecule has 1 aliphatic rings. The van der Waals surface area contributed by atoms with Crippen LogP contribution in [0.1, 0.15) is 28.8 Å². The Morgan fingerprint density at radius 3 is 2.47 bits per heavy atom. The molecule has 0 atom stereocenters. The van der Waals surface area contributed by atoms with Gasteiger partial charge in [0, 0.05) is 15.1 Å². The van der Waals surface area contributed by atoms with Crippen LogP contribution in [0.25, 0.3) is 16.7 Å². The molecule has 1 fully saturated rings. The lowest BCUT2D eigenvalue weighted by molar-refractivity contribution is 0.0595. The number of ether oxygens (including phenoxy) is 1. The number of fused-ring (bicyclic) bond motifs is 1. The lowest BCUT2D eigenvalue weighted by Gasteiger charge is -2.20. The van der Waals surface area contributed by atoms with Crippen LogP contribution in [0.2, 0.25) is 5.02 Å². The fourth-order valence-corrected chi connectivity index (χ4v) is 4.75. The molecular weight excluding hydrogens is 499 g/mol. The summed E-state index contributed by atoms with van der Waals surface area (Å²) in [4.78, 5) is 25.8. The van der Waals surface area contributed by atoms with Gasteiger partial charge in [0.1, 0.15) is 5.82 Å². The van der Waals surface area contributed by atoms with Crippen molar-refractivity contribution >= 4 is 44.5 Å². The molecular formula is C24H17BrClFN2O3. The van der Waals surface area contributed by atoms with Crippen molar-refractivity contribution in [2.45, 2.75) is 18.4 Å². The van der Waals surface area contributed by atoms with Gasteiger partial charge in [-0.2, -0.15) is 0 Å². The largest absolute Gasteiger partial charge is 0.465 e. The minimum Gasteiger partial charge on any atom is -0.465 e. The van der Waals surface area contributed by atoms with Crippen LogP contribution in [-0.4, -0.2) is 22.2 Å². The molecule has 162 valence electrons. The van der Waals surface area contributed by atoms with E-state index in [0.29, 0.717) is 40.1 Å². The molecule has 5 rings (SSSR count). The molecule has 1 aromatic heterocycles. The number of aromatic nitrogens is 2. The quantitative estimate of drug-likeness (QED) is 0.329. The van der Waals surface area contributed by atoms with Gasteiger partial charge in [-0.1, -0.05) is 39.7 Å². The molecule has 1 saturated carbocycles. The van der Waals surface area contributed by atoms with E-state index in [1.54, 1.807) is 39.5 Å². The van der Waals surface area contributed by atoms with Crippen LogP contribution in [0.5, 0.6) is 0 Å². The number of hydrogen-bond acceptors (Lipinski definition) is 3. The first-order chi connectivity index (χ1) is 15.4. The van der Waals surface area contributed by atoms with Crippen molar-refractivity contribution < 1.29 is 13.9 Å². The van der Waals surface area contributed by atoms with E-state index in [2.05, 4.69) is 15.9 Å². The summed E-state index contributed by atoms with van der Waals surface area (Å²) in [6.07, 6.45) is 1.13. The summed E-state index contributed by atoms with van der Waals surface area (Å²) in [5.74, 6) is -1.42. The monoisotopic (exact) mass is 514 g/mol. The van der Waals surface area contributed by atoms with Gasteiger partial charge in [-0.25, -0.2) is 14.0 Å². The second-order valence-corrected chi connectivity index (χ2v) is 9.11. The summed E-state index contributed by atoms with van der Waals surface area (Å²) in [6.45, 7) is 0. The number of benzene rings is 3. The average Bonchev–Trinajstić information content (AvgIpc) is 3.52. The summed E-state index contributed by atoms with van der Waals surface area (Å²) in [6, 6.07) is 17.2. The smallest absolute Gasteiger partial charge is 0.340 e. The fourth-order valence-electron chi connectivity index (χ4n) is 4.31. The average molecular weight is 516 g/mol. The minimum atomic E-state index is -0.891. The highest BCUT2D eigenvalue weighted by atomic mass is 79.9. The number of rotatable bonds is 4. The van der Waals surface area contributed by atoms with E-state index in [1.165, 1.54) is 13.2 Å². The van der Waals surface area contributed by atoms with Crippen molar-refractivity contribution in [2.75, 3.05) is 7.11 Å². The molecule has 8 heteroatoms. The zero-order chi connectivity index (χ0) is 22.6. The second-order valence-electron chi connectivity index (χ2n) is 7.75. The van der Waals surface area contributed by atoms with Gasteiger partial charge in [-0.05, 0) is 61.4 Å². The van der Waals surface area contributed by atoms with Gasteiger partial charge in [0.25, 0.3) is 0 Å². The van der Waals surface area contributed by atoms with Crippen LogP contribution in [0, 0.1) is 5.82 Å². The van der Waals surface area contributed by atoms with Gasteiger partial charge < -0.3 is 4.74 Å². The van der Waals surface area contributed by atoms with Crippen molar-refractivity contribution in [3.63, 3.8) is 0 Å². The summed E-state index contributed by atoms with van der Waals surface area (Å²) >= 11 is 9.68. The molecule has 1 aliphatic carbocycles. The van der Waals surface area contributed by atoms with Crippen molar-refractivity contribution in [3.05, 3.63) is 97.6 Å². The Morgan fingerprint density at radius 1 is 1.09 bits per heavy atom. The highest BCUT2D eigenvalue weighted by Gasteiger charge is 2.51. The van der Waals surface area contributed by atoms with Gasteiger partial charge in [0.05, 0.1) is 34.9 Å². The van der Waals surface area contributed by atoms with Crippen LogP contribution in [0.3, 0.4) is 0 Å². The lowest BCUT2D eigenvalue weighted by atomic mass is 10.00. The maximum Gasteiger partial charge on any atom is 0.340 e. The third-order valence-corrected chi connectivity index (χ3v) is 6.71. The molecule has 0 spiro atoms. The third kappa shape index (κ3) is 3.11. The molecule has 1 heterocycles. The van der Waals surface area contributed by atoms with Crippen LogP contribution < -0.4 is 5.69 Å². The molecule has 0 radical (unpaired) electrons. The summed E-state index contributed by atoms with van der Waals surface area (Å²) in [7, 11) is 1.21. The fraction of sp³-hybridized carbons (Fsp3) is 0.167. The van der Waals surface area contributed by atoms with Crippen molar-refractivity contribution in [1.29, 1.82) is 0 Å². The molecule has 0 saturated heterocycles. The molecule has 0 N–H and O–H groups in total. The highest BCUT2D eigenvalue weighted by Crippen LogP contribution is 2.51. The van der Waals surface area contributed by atoms with E-state index in [4.69, 9.17) is 16.3 Å². The first-order valence-corrected chi connectivity index (χ1v) is 11.1. The van der Waals surface area contributed by atoms with E-state index in [-0.39, 0.29) is 11.3 Å². The predicted molar refractivity (Wildman–Crippen MR) is 124 cm³/mol. The number of carbonyl (C=O) groups excluding carboxylic acids is 1. The molecule has 0 unspecified atom stereocenters. The normalized spacial score (nSPS) is 14.5. The standard InChI is InChI=1S/C24H17BrClFN2O3/c1-32-22(30)17-3-2-4-18(21(17)27)24(11-12-24)29-19-10-7-15(26)13-20(19)28(23(29)31)16-8-5-14(25)6-9-16/h2-10,13H,11-12H2,1H3. The van der Waals surface area contributed by atoms with Gasteiger partial charge >= 0.3 is 11.7 Å². The number of esters is 1. The Labute approximate surface area is 196 Å². The van der Waals surface area contributed by atoms with Crippen molar-refractivity contribution in [2.24, 2.45) is 0 Å². The maximum absolute atomic E-state index is 15.5. The maximum atomic E-state index is 15.5. The Bertz CT molecular complexity index is 1440. The van der Waals surface area contributed by atoms with E-state index in [1.807, 2.05) is 24.3 Å². The van der Waals surface area contributed by atoms with Gasteiger partial charge in [-0.15, -0.1) is 0 Å². The molecule has 0 bridgehead atoms. The van der Waals surface area contributed by atoms with Gasteiger partial charge in [-0.3, -0.25) is 9.13 Å². The van der Waals surface area contributed by atoms with Crippen LogP contribution in [-0.2, 0) is 10.3 Å². The molecule has 4 aromatic rings. The second kappa shape index (κ2) is 7.60. The Hall–Kier alpha value is -2.90. The van der Waals surface area contributed by atoms with Crippen LogP contribution in [0.15, 0.2) is 69.9 Å². The molecule has 32 heavy (non-hydrogen) atoms. The lowest BCUT2D eigenvalue weighted by Crippen LogP contribution is -2.33. The Morgan fingerprint density at radius 2 is 1.81 bits per heavy atom. The van der Waals surface area contributed by atoms with E-state index >= 15 is 4.39 Å². The first kappa shape index (κ1) is 21.0. The predicted octanol–water partition coefficient (Wildman–Crippen LogP) is 5.67. The van der Waals surface area contributed by atoms with Crippen LogP contribution >= 0.6 is 27.5 Å². The summed E-state index contributed by atoms with van der Waals surface area (Å²) < 4.78 is 24.3. The summed E-state index contributed by atoms with van der Waals surface area (Å²) in [5, 5.41) is 0.490. The van der Waals surface area contributed by atoms with E-state index in [0.717, 1.165) is 4.47 Å². The Kier molecular flexibility index (Phi) is 4.98. The van der Waals surface area contributed by atoms with Crippen LogP contribution in [0.4, 0.5) is 4.39 Å². The highest BCUT2D eigenvalue weighted by molar-refractivity contribution is 9.10. The van der Waals surface area contributed by atoms with Gasteiger partial charge in [0.2, 0.25) is 0 Å². The zero-order valence-electron chi connectivity index (χ0n) is 16.9. The molecule has 3 aromatic carbocycles. The SMILES string of the molecule is COC(=O)c1cccc(C2(n3c(=O)n(-c4ccc(Br)cc4)c4cc(Cl)ccc43)CC2)c1F. The first-order valence-electron chi connectivity index (χ1n) is 9.94. The van der Waals surface area contributed by atoms with E-state index < -0.39 is 17.3 Å². The number of carbonyl (C=O) groups is 1.